The number of hydrogen-bond acceptors (Lipinski definition) is 8. The van der Waals surface area contributed by atoms with Crippen molar-refractivity contribution in [1.29, 1.82) is 0 Å². The Hall–Kier alpha value is -5.57. The summed E-state index contributed by atoms with van der Waals surface area (Å²) in [5.41, 5.74) is 9.47. The van der Waals surface area contributed by atoms with Crippen LogP contribution < -0.4 is 21.3 Å². The number of aromatic nitrogens is 1. The number of piperidine rings is 3. The van der Waals surface area contributed by atoms with Gasteiger partial charge in [-0.25, -0.2) is 8.78 Å². The predicted molar refractivity (Wildman–Crippen MR) is 346 cm³/mol. The van der Waals surface area contributed by atoms with Crippen LogP contribution >= 0.6 is 0 Å². The van der Waals surface area contributed by atoms with E-state index in [1.807, 2.05) is 24.3 Å². The summed E-state index contributed by atoms with van der Waals surface area (Å²) >= 11 is 0. The van der Waals surface area contributed by atoms with Gasteiger partial charge in [-0.3, -0.25) is 24.2 Å². The van der Waals surface area contributed by atoms with Crippen LogP contribution in [0.2, 0.25) is 0 Å². The van der Waals surface area contributed by atoms with Gasteiger partial charge in [-0.1, -0.05) is 105 Å². The van der Waals surface area contributed by atoms with Gasteiger partial charge in [0.1, 0.15) is 17.7 Å². The van der Waals surface area contributed by atoms with E-state index in [1.165, 1.54) is 75.0 Å². The summed E-state index contributed by atoms with van der Waals surface area (Å²) in [6.45, 7) is 32.3. The van der Waals surface area contributed by atoms with E-state index in [0.29, 0.717) is 28.1 Å². The Kier molecular flexibility index (Phi) is 20.4. The van der Waals surface area contributed by atoms with Gasteiger partial charge in [-0.15, -0.1) is 0 Å². The van der Waals surface area contributed by atoms with Gasteiger partial charge in [0.25, 0.3) is 0 Å². The van der Waals surface area contributed by atoms with Crippen molar-refractivity contribution in [2.45, 2.75) is 212 Å². The molecule has 3 spiro atoms. The van der Waals surface area contributed by atoms with Crippen molar-refractivity contribution in [3.63, 3.8) is 0 Å². The van der Waals surface area contributed by atoms with Gasteiger partial charge >= 0.3 is 0 Å². The fourth-order valence-electron chi connectivity index (χ4n) is 15.2. The minimum atomic E-state index is -0.427. The Balaban J connectivity index is 0.000000211. The highest BCUT2D eigenvalue weighted by Gasteiger charge is 2.46. The number of halogens is 2. The lowest BCUT2D eigenvalue weighted by molar-refractivity contribution is -0.137. The van der Waals surface area contributed by atoms with Crippen LogP contribution in [-0.4, -0.2) is 108 Å². The van der Waals surface area contributed by atoms with Crippen molar-refractivity contribution in [2.75, 3.05) is 58.9 Å². The molecule has 0 radical (unpaired) electrons. The first kappa shape index (κ1) is 64.9. The molecule has 1 unspecified atom stereocenters. The molecule has 4 fully saturated rings. The molecule has 3 aromatic carbocycles. The highest BCUT2D eigenvalue weighted by molar-refractivity contribution is 5.97. The first-order valence-corrected chi connectivity index (χ1v) is 32.6. The van der Waals surface area contributed by atoms with Gasteiger partial charge in [-0.2, -0.15) is 0 Å². The molecule has 4 aromatic rings. The fourth-order valence-corrected chi connectivity index (χ4v) is 15.2. The van der Waals surface area contributed by atoms with E-state index in [9.17, 15) is 28.0 Å². The van der Waals surface area contributed by atoms with Crippen LogP contribution in [-0.2, 0) is 41.8 Å². The smallest absolute Gasteiger partial charge is 0.243 e. The number of pyridine rings is 1. The van der Waals surface area contributed by atoms with E-state index in [4.69, 9.17) is 0 Å². The third kappa shape index (κ3) is 16.6. The maximum absolute atomic E-state index is 14.3. The summed E-state index contributed by atoms with van der Waals surface area (Å²) in [6, 6.07) is 22.4. The Morgan fingerprint density at radius 3 is 1.49 bits per heavy atom. The van der Waals surface area contributed by atoms with Crippen LogP contribution in [0.4, 0.5) is 8.78 Å². The molecule has 0 saturated carbocycles. The van der Waals surface area contributed by atoms with E-state index in [0.717, 1.165) is 125 Å². The average Bonchev–Trinajstić information content (AvgIpc) is 0.838. The summed E-state index contributed by atoms with van der Waals surface area (Å²) in [7, 11) is 0. The third-order valence-electron chi connectivity index (χ3n) is 20.2. The zero-order valence-electron chi connectivity index (χ0n) is 53.7. The standard InChI is InChI=1S/C27H36FN3O.C24H34FN3O2.C21H32N2O.3H2/c1-26(2,3)10-14-31-15-11-27(12-16-31)9-8-24(22-7-6-21(28)18-23(22)27)30-25(32)17-20-5-4-13-29-19-20;1-23(2,3)8-11-28-12-9-24(10-13-28)7-6-19(17-5-4-16(25)14-18(17)24)27-22(30)20-15-21(29)26-20;1-16(24)22-19-9-10-21(18-8-6-5-7-17(18)19)11-13-23(14-12-21)15-20(2,3)4;;;/h4-7,13,18-19,24H,8-12,14-17H2,1-3H3,(H,30,32);4-5,14,19-20H,6-13,15H2,1-3H3,(H,26,29)(H,27,30);5-8,19H,9-15H2,1-4H3,(H,22,24);3*1H/t24-;19-,20?;19-;;;/m100.../s1. The second-order valence-electron chi connectivity index (χ2n) is 30.4. The molecule has 11 rings (SSSR count). The van der Waals surface area contributed by atoms with Crippen molar-refractivity contribution in [1.82, 2.24) is 41.0 Å². The molecule has 4 aliphatic heterocycles. The van der Waals surface area contributed by atoms with Crippen LogP contribution in [0.3, 0.4) is 0 Å². The normalized spacial score (nSPS) is 23.4. The number of nitrogens with one attached hydrogen (secondary N) is 4. The molecule has 4 saturated heterocycles. The van der Waals surface area contributed by atoms with Gasteiger partial charge < -0.3 is 36.0 Å². The third-order valence-corrected chi connectivity index (χ3v) is 20.2. The molecule has 5 heterocycles. The van der Waals surface area contributed by atoms with Crippen LogP contribution in [0.25, 0.3) is 0 Å². The van der Waals surface area contributed by atoms with Crippen LogP contribution in [0.5, 0.6) is 0 Å². The highest BCUT2D eigenvalue weighted by Crippen LogP contribution is 2.51. The topological polar surface area (TPSA) is 139 Å². The maximum atomic E-state index is 14.3. The molecule has 4 atom stereocenters. The maximum Gasteiger partial charge on any atom is 0.243 e. The molecular weight excluding hydrogens is 1080 g/mol. The molecule has 474 valence electrons. The highest BCUT2D eigenvalue weighted by atomic mass is 19.1. The predicted octanol–water partition coefficient (Wildman–Crippen LogP) is 13.4. The first-order valence-electron chi connectivity index (χ1n) is 32.6. The average molecular weight is 1190 g/mol. The van der Waals surface area contributed by atoms with Gasteiger partial charge in [0, 0.05) is 30.1 Å². The Labute approximate surface area is 518 Å². The first-order chi connectivity index (χ1) is 40.7. The Morgan fingerprint density at radius 1 is 0.581 bits per heavy atom. The van der Waals surface area contributed by atoms with Gasteiger partial charge in [-0.05, 0) is 244 Å². The molecular formula is C72H108F2N8O4. The number of likely N-dealkylation sites (tertiary alicyclic amines) is 3. The van der Waals surface area contributed by atoms with Crippen LogP contribution in [0.1, 0.15) is 227 Å². The SMILES string of the molecule is CC(=O)N[C@H]1CCC2(CCN(CC(C)(C)C)CC2)c2ccccc21.CC(C)(C)CCN1CCC2(CC[C@@H](NC(=O)Cc3cccnc3)c3ccc(F)cc32)CC1.CC(C)(C)CCN1CCC2(CC[C@H](NC(=O)C3CC(=O)N3)c3ccc(F)cc32)CC1.[HH].[HH].[HH]. The zero-order valence-corrected chi connectivity index (χ0v) is 53.7. The molecule has 1 aromatic heterocycles. The summed E-state index contributed by atoms with van der Waals surface area (Å²) in [5, 5.41) is 12.1. The molecule has 3 aliphatic carbocycles. The summed E-state index contributed by atoms with van der Waals surface area (Å²) in [4.78, 5) is 59.7. The number of carbonyl (C=O) groups excluding carboxylic acids is 4. The number of benzene rings is 3. The lowest BCUT2D eigenvalue weighted by atomic mass is 9.63. The summed E-state index contributed by atoms with van der Waals surface area (Å²) in [6.07, 6.45) is 19.0. The van der Waals surface area contributed by atoms with Crippen molar-refractivity contribution < 1.29 is 32.2 Å². The molecule has 12 nitrogen and oxygen atoms in total. The Morgan fingerprint density at radius 2 is 1.03 bits per heavy atom. The molecule has 4 amide bonds. The number of β-lactam (4-membered cyclic amide) rings is 1. The van der Waals surface area contributed by atoms with Gasteiger partial charge in [0.2, 0.25) is 23.6 Å². The number of fused-ring (bicyclic) bond motifs is 6. The number of amides is 4. The van der Waals surface area contributed by atoms with Crippen molar-refractivity contribution >= 4 is 23.6 Å². The largest absolute Gasteiger partial charge is 0.350 e. The molecule has 4 N–H and O–H groups in total. The number of hydrogen-bond donors (Lipinski definition) is 4. The molecule has 0 bridgehead atoms. The lowest BCUT2D eigenvalue weighted by Gasteiger charge is -2.48. The molecule has 7 aliphatic rings. The number of carbonyl (C=O) groups is 4. The monoisotopic (exact) mass is 1190 g/mol. The van der Waals surface area contributed by atoms with Crippen LogP contribution in [0.15, 0.2) is 85.2 Å². The van der Waals surface area contributed by atoms with Gasteiger partial charge in [0.05, 0.1) is 31.0 Å². The summed E-state index contributed by atoms with van der Waals surface area (Å²) in [5.74, 6) is -0.541. The number of nitrogens with zero attached hydrogens (tertiary/aromatic N) is 4. The van der Waals surface area contributed by atoms with E-state index in [2.05, 4.69) is 128 Å². The van der Waals surface area contributed by atoms with E-state index >= 15 is 0 Å². The minimum absolute atomic E-state index is 0. The lowest BCUT2D eigenvalue weighted by Crippen LogP contribution is -2.57. The summed E-state index contributed by atoms with van der Waals surface area (Å²) < 4.78 is 28.6. The Bertz CT molecular complexity index is 2990. The van der Waals surface area contributed by atoms with E-state index in [-0.39, 0.29) is 74.9 Å². The minimum Gasteiger partial charge on any atom is -0.350 e. The van der Waals surface area contributed by atoms with Crippen molar-refractivity contribution in [3.05, 3.63) is 136 Å². The second-order valence-corrected chi connectivity index (χ2v) is 30.4. The fraction of sp³-hybridized carbons (Fsp3) is 0.625. The molecule has 14 heteroatoms. The van der Waals surface area contributed by atoms with E-state index < -0.39 is 6.04 Å². The zero-order chi connectivity index (χ0) is 61.7. The van der Waals surface area contributed by atoms with Crippen molar-refractivity contribution in [2.24, 2.45) is 16.2 Å². The van der Waals surface area contributed by atoms with Crippen LogP contribution in [0, 0.1) is 27.9 Å². The van der Waals surface area contributed by atoms with Crippen molar-refractivity contribution in [3.8, 4) is 0 Å². The number of rotatable bonds is 11. The quantitative estimate of drug-likeness (QED) is 0.109. The van der Waals surface area contributed by atoms with E-state index in [1.54, 1.807) is 31.5 Å². The van der Waals surface area contributed by atoms with Gasteiger partial charge in [0.15, 0.2) is 0 Å². The second kappa shape index (κ2) is 27.0. The molecule has 86 heavy (non-hydrogen) atoms.